The molecule has 8 rings (SSSR count). The zero-order chi connectivity index (χ0) is 34.7. The highest BCUT2D eigenvalue weighted by molar-refractivity contribution is 6.14. The third-order valence-corrected chi connectivity index (χ3v) is 9.75. The van der Waals surface area contributed by atoms with Gasteiger partial charge in [0.15, 0.2) is 0 Å². The third-order valence-electron chi connectivity index (χ3n) is 9.75. The van der Waals surface area contributed by atoms with E-state index >= 15 is 0 Å². The minimum Gasteiger partial charge on any atom is -0.388 e. The van der Waals surface area contributed by atoms with Crippen molar-refractivity contribution < 1.29 is 0 Å². The summed E-state index contributed by atoms with van der Waals surface area (Å²) in [7, 11) is 1.96. The molecule has 2 heteroatoms. The summed E-state index contributed by atoms with van der Waals surface area (Å²) in [5, 5.41) is 9.39. The number of nitrogens with one attached hydrogen (secondary N) is 1. The predicted octanol–water partition coefficient (Wildman–Crippen LogP) is 13.4. The fourth-order valence-electron chi connectivity index (χ4n) is 7.19. The lowest BCUT2D eigenvalue weighted by atomic mass is 9.89. The van der Waals surface area contributed by atoms with Crippen molar-refractivity contribution in [1.29, 1.82) is 0 Å². The molecular formula is C49H38N2. The number of aromatic nitrogens is 1. The maximum absolute atomic E-state index is 5.14. The van der Waals surface area contributed by atoms with E-state index in [0.717, 1.165) is 39.2 Å². The van der Waals surface area contributed by atoms with E-state index in [9.17, 15) is 0 Å². The minimum atomic E-state index is 0.964. The van der Waals surface area contributed by atoms with Gasteiger partial charge in [-0.25, -0.2) is 4.98 Å². The Kier molecular flexibility index (Phi) is 8.57. The van der Waals surface area contributed by atoms with Crippen LogP contribution in [0.4, 0.5) is 5.69 Å². The van der Waals surface area contributed by atoms with Crippen molar-refractivity contribution in [3.8, 4) is 44.6 Å². The zero-order valence-corrected chi connectivity index (χ0v) is 28.9. The standard InChI is InChI=1S/C49H38N2/c1-4-5-7-14-33(2)44-31-38(26-29-46(44)50-3)40-28-27-39(42-19-12-13-20-43(40)42)35-21-23-36(24-22-35)45-32-48(37-16-8-6-9-17-37)51-47-30-25-34-15-10-11-18-41(34)49(45)47/h4-32,50H,2H2,1,3H3/b5-4-,14-7-. The Labute approximate surface area is 299 Å². The van der Waals surface area contributed by atoms with Crippen LogP contribution in [0, 0.1) is 0 Å². The van der Waals surface area contributed by atoms with E-state index in [-0.39, 0.29) is 0 Å². The van der Waals surface area contributed by atoms with Gasteiger partial charge in [0.1, 0.15) is 0 Å². The first-order valence-electron chi connectivity index (χ1n) is 17.4. The number of hydrogen-bond donors (Lipinski definition) is 1. The predicted molar refractivity (Wildman–Crippen MR) is 221 cm³/mol. The SMILES string of the molecule is C=C(/C=C\C=C/C)c1cc(-c2ccc(-c3ccc(-c4cc(-c5ccccc5)nc5ccc6ccccc6c45)cc3)c3ccccc23)ccc1NC. The monoisotopic (exact) mass is 654 g/mol. The second-order valence-corrected chi connectivity index (χ2v) is 12.8. The number of rotatable bonds is 8. The Bertz CT molecular complexity index is 2630. The van der Waals surface area contributed by atoms with Crippen molar-refractivity contribution in [2.45, 2.75) is 6.92 Å². The van der Waals surface area contributed by atoms with E-state index in [2.05, 4.69) is 164 Å². The van der Waals surface area contributed by atoms with E-state index in [4.69, 9.17) is 4.98 Å². The topological polar surface area (TPSA) is 24.9 Å². The van der Waals surface area contributed by atoms with Crippen LogP contribution in [0.15, 0.2) is 183 Å². The third kappa shape index (κ3) is 6.02. The molecule has 0 amide bonds. The van der Waals surface area contributed by atoms with Gasteiger partial charge < -0.3 is 5.32 Å². The first-order chi connectivity index (χ1) is 25.1. The first-order valence-corrected chi connectivity index (χ1v) is 17.4. The maximum atomic E-state index is 5.14. The summed E-state index contributed by atoms with van der Waals surface area (Å²) in [6.07, 6.45) is 8.14. The number of fused-ring (bicyclic) bond motifs is 4. The van der Waals surface area contributed by atoms with E-state index < -0.39 is 0 Å². The van der Waals surface area contributed by atoms with Gasteiger partial charge in [0.25, 0.3) is 0 Å². The second kappa shape index (κ2) is 13.8. The number of nitrogens with zero attached hydrogens (tertiary/aromatic N) is 1. The summed E-state index contributed by atoms with van der Waals surface area (Å²) >= 11 is 0. The largest absolute Gasteiger partial charge is 0.388 e. The average Bonchev–Trinajstić information content (AvgIpc) is 3.20. The molecular weight excluding hydrogens is 617 g/mol. The number of anilines is 1. The molecule has 0 spiro atoms. The molecule has 8 aromatic rings. The molecule has 0 radical (unpaired) electrons. The van der Waals surface area contributed by atoms with E-state index in [1.807, 2.05) is 38.3 Å². The van der Waals surface area contributed by atoms with E-state index in [1.54, 1.807) is 0 Å². The lowest BCUT2D eigenvalue weighted by Gasteiger charge is -2.16. The molecule has 0 aliphatic heterocycles. The number of hydrogen-bond acceptors (Lipinski definition) is 2. The molecule has 0 saturated heterocycles. The Morgan fingerprint density at radius 3 is 1.90 bits per heavy atom. The molecule has 0 aliphatic rings. The van der Waals surface area contributed by atoms with Crippen LogP contribution in [0.2, 0.25) is 0 Å². The fraction of sp³-hybridized carbons (Fsp3) is 0.0408. The second-order valence-electron chi connectivity index (χ2n) is 12.8. The van der Waals surface area contributed by atoms with Crippen molar-refractivity contribution in [3.05, 3.63) is 188 Å². The van der Waals surface area contributed by atoms with E-state index in [1.165, 1.54) is 54.7 Å². The fourth-order valence-corrected chi connectivity index (χ4v) is 7.19. The van der Waals surface area contributed by atoms with Crippen LogP contribution in [0.25, 0.3) is 82.7 Å². The lowest BCUT2D eigenvalue weighted by molar-refractivity contribution is 1.40. The van der Waals surface area contributed by atoms with Gasteiger partial charge in [-0.3, -0.25) is 0 Å². The molecule has 1 heterocycles. The quantitative estimate of drug-likeness (QED) is 0.130. The Morgan fingerprint density at radius 1 is 0.569 bits per heavy atom. The molecule has 0 saturated carbocycles. The number of pyridine rings is 1. The Balaban J connectivity index is 1.23. The summed E-state index contributed by atoms with van der Waals surface area (Å²) in [6.45, 7) is 6.39. The molecule has 1 N–H and O–H groups in total. The average molecular weight is 655 g/mol. The van der Waals surface area contributed by atoms with Gasteiger partial charge in [-0.1, -0.05) is 158 Å². The zero-order valence-electron chi connectivity index (χ0n) is 28.9. The summed E-state index contributed by atoms with van der Waals surface area (Å²) in [5.74, 6) is 0. The van der Waals surface area contributed by atoms with Crippen molar-refractivity contribution in [3.63, 3.8) is 0 Å². The summed E-state index contributed by atoms with van der Waals surface area (Å²) in [6, 6.07) is 54.5. The van der Waals surface area contributed by atoms with Crippen LogP contribution in [0.5, 0.6) is 0 Å². The normalized spacial score (nSPS) is 11.6. The number of allylic oxidation sites excluding steroid dienone is 5. The van der Waals surface area contributed by atoms with Gasteiger partial charge in [-0.15, -0.1) is 0 Å². The van der Waals surface area contributed by atoms with Crippen molar-refractivity contribution in [2.24, 2.45) is 0 Å². The molecule has 0 aliphatic carbocycles. The van der Waals surface area contributed by atoms with Gasteiger partial charge in [-0.05, 0) is 91.7 Å². The van der Waals surface area contributed by atoms with Crippen molar-refractivity contribution in [2.75, 3.05) is 12.4 Å². The smallest absolute Gasteiger partial charge is 0.0722 e. The van der Waals surface area contributed by atoms with Crippen LogP contribution in [-0.4, -0.2) is 12.0 Å². The summed E-state index contributed by atoms with van der Waals surface area (Å²) in [4.78, 5) is 5.14. The van der Waals surface area contributed by atoms with Gasteiger partial charge in [0.05, 0.1) is 11.2 Å². The molecule has 244 valence electrons. The molecule has 51 heavy (non-hydrogen) atoms. The first kappa shape index (κ1) is 31.7. The molecule has 0 fully saturated rings. The van der Waals surface area contributed by atoms with Gasteiger partial charge in [0.2, 0.25) is 0 Å². The van der Waals surface area contributed by atoms with Crippen LogP contribution in [0.1, 0.15) is 12.5 Å². The highest BCUT2D eigenvalue weighted by Gasteiger charge is 2.15. The molecule has 0 atom stereocenters. The van der Waals surface area contributed by atoms with Gasteiger partial charge in [-0.2, -0.15) is 0 Å². The molecule has 1 aromatic heterocycles. The van der Waals surface area contributed by atoms with Gasteiger partial charge >= 0.3 is 0 Å². The Hall–Kier alpha value is -6.51. The van der Waals surface area contributed by atoms with Gasteiger partial charge in [0, 0.05) is 29.2 Å². The summed E-state index contributed by atoms with van der Waals surface area (Å²) in [5.41, 5.74) is 13.3. The molecule has 0 bridgehead atoms. The Morgan fingerprint density at radius 2 is 1.20 bits per heavy atom. The van der Waals surface area contributed by atoms with Crippen LogP contribution >= 0.6 is 0 Å². The van der Waals surface area contributed by atoms with Crippen LogP contribution in [-0.2, 0) is 0 Å². The molecule has 2 nitrogen and oxygen atoms in total. The summed E-state index contributed by atoms with van der Waals surface area (Å²) < 4.78 is 0. The van der Waals surface area contributed by atoms with Crippen LogP contribution < -0.4 is 5.32 Å². The maximum Gasteiger partial charge on any atom is 0.0722 e. The lowest BCUT2D eigenvalue weighted by Crippen LogP contribution is -1.95. The minimum absolute atomic E-state index is 0.964. The highest BCUT2D eigenvalue weighted by Crippen LogP contribution is 2.40. The molecule has 7 aromatic carbocycles. The number of benzene rings is 7. The highest BCUT2D eigenvalue weighted by atomic mass is 14.8. The van der Waals surface area contributed by atoms with Crippen molar-refractivity contribution in [1.82, 2.24) is 4.98 Å². The van der Waals surface area contributed by atoms with Crippen LogP contribution in [0.3, 0.4) is 0 Å². The van der Waals surface area contributed by atoms with Crippen molar-refractivity contribution >= 4 is 43.7 Å². The van der Waals surface area contributed by atoms with E-state index in [0.29, 0.717) is 0 Å². The molecule has 0 unspecified atom stereocenters.